The lowest BCUT2D eigenvalue weighted by Gasteiger charge is -2.32. The van der Waals surface area contributed by atoms with E-state index in [9.17, 15) is 9.59 Å². The fourth-order valence-corrected chi connectivity index (χ4v) is 4.72. The van der Waals surface area contributed by atoms with Crippen molar-refractivity contribution in [2.24, 2.45) is 0 Å². The molecule has 3 aromatic rings. The smallest absolute Gasteiger partial charge is 0.243 e. The quantitative estimate of drug-likeness (QED) is 0.309. The summed E-state index contributed by atoms with van der Waals surface area (Å²) in [5, 5.41) is 3.66. The second kappa shape index (κ2) is 13.4. The normalized spacial score (nSPS) is 11.8. The highest BCUT2D eigenvalue weighted by Gasteiger charge is 2.30. The van der Waals surface area contributed by atoms with Crippen molar-refractivity contribution in [2.45, 2.75) is 57.1 Å². The third-order valence-electron chi connectivity index (χ3n) is 5.57. The van der Waals surface area contributed by atoms with Crippen LogP contribution in [-0.4, -0.2) is 34.6 Å². The summed E-state index contributed by atoms with van der Waals surface area (Å²) in [6.07, 6.45) is 0.788. The number of rotatable bonds is 11. The van der Waals surface area contributed by atoms with E-state index in [1.165, 1.54) is 5.56 Å². The molecule has 0 aliphatic rings. The van der Waals surface area contributed by atoms with Crippen molar-refractivity contribution in [2.75, 3.05) is 5.75 Å². The molecule has 3 aromatic carbocycles. The molecule has 0 spiro atoms. The Morgan fingerprint density at radius 1 is 0.914 bits per heavy atom. The van der Waals surface area contributed by atoms with Crippen molar-refractivity contribution in [1.82, 2.24) is 10.2 Å². The fraction of sp³-hybridized carbons (Fsp3) is 0.310. The molecule has 0 radical (unpaired) electrons. The van der Waals surface area contributed by atoms with Gasteiger partial charge in [0.1, 0.15) is 6.04 Å². The molecule has 1 N–H and O–H groups in total. The van der Waals surface area contributed by atoms with Gasteiger partial charge >= 0.3 is 0 Å². The van der Waals surface area contributed by atoms with Crippen LogP contribution in [0.4, 0.5) is 0 Å². The highest BCUT2D eigenvalue weighted by atomic mass is 35.5. The number of hydrogen-bond acceptors (Lipinski definition) is 3. The van der Waals surface area contributed by atoms with Crippen LogP contribution in [0.25, 0.3) is 0 Å². The van der Waals surface area contributed by atoms with E-state index in [2.05, 4.69) is 36.5 Å². The van der Waals surface area contributed by atoms with Crippen molar-refractivity contribution < 1.29 is 9.59 Å². The molecule has 35 heavy (non-hydrogen) atoms. The first kappa shape index (κ1) is 26.8. The number of nitrogens with zero attached hydrogens (tertiary/aromatic N) is 1. The van der Waals surface area contributed by atoms with Gasteiger partial charge < -0.3 is 10.2 Å². The highest BCUT2D eigenvalue weighted by Crippen LogP contribution is 2.22. The Bertz CT molecular complexity index is 1090. The minimum absolute atomic E-state index is 0.0228. The van der Waals surface area contributed by atoms with Crippen LogP contribution in [0.2, 0.25) is 5.02 Å². The maximum Gasteiger partial charge on any atom is 0.243 e. The molecule has 6 heteroatoms. The fourth-order valence-electron chi connectivity index (χ4n) is 3.76. The molecule has 1 atom stereocenters. The molecule has 0 unspecified atom stereocenters. The van der Waals surface area contributed by atoms with Gasteiger partial charge in [0.2, 0.25) is 11.8 Å². The molecule has 2 amide bonds. The minimum Gasteiger partial charge on any atom is -0.352 e. The molecule has 184 valence electrons. The first-order valence-corrected chi connectivity index (χ1v) is 13.3. The molecule has 3 rings (SSSR count). The summed E-state index contributed by atoms with van der Waals surface area (Å²) < 4.78 is 0. The highest BCUT2D eigenvalue weighted by molar-refractivity contribution is 7.99. The number of amides is 2. The molecule has 0 aliphatic heterocycles. The zero-order valence-electron chi connectivity index (χ0n) is 20.5. The first-order chi connectivity index (χ1) is 16.8. The zero-order chi connectivity index (χ0) is 25.2. The van der Waals surface area contributed by atoms with Crippen molar-refractivity contribution in [3.8, 4) is 0 Å². The predicted molar refractivity (Wildman–Crippen MR) is 146 cm³/mol. The number of aryl methyl sites for hydroxylation is 1. The van der Waals surface area contributed by atoms with Gasteiger partial charge in [-0.15, -0.1) is 11.8 Å². The Morgan fingerprint density at radius 2 is 1.57 bits per heavy atom. The maximum atomic E-state index is 13.6. The van der Waals surface area contributed by atoms with Gasteiger partial charge in [0.25, 0.3) is 0 Å². The second-order valence-corrected chi connectivity index (χ2v) is 10.5. The molecule has 0 bridgehead atoms. The number of carbonyl (C=O) groups excluding carboxylic acids is 2. The van der Waals surface area contributed by atoms with Crippen LogP contribution in [0.1, 0.15) is 37.0 Å². The maximum absolute atomic E-state index is 13.6. The molecule has 4 nitrogen and oxygen atoms in total. The lowest BCUT2D eigenvalue weighted by molar-refractivity contribution is -0.141. The standard InChI is InChI=1S/C29H33ClN2O2S/c1-21(2)31-29(34)27(19-23-7-5-4-6-8-23)32(20-24-11-13-25(30)14-12-24)28(33)17-18-35-26-15-9-22(3)10-16-26/h4-16,21,27H,17-20H2,1-3H3,(H,31,34)/t27-/m1/s1. The third kappa shape index (κ3) is 8.75. The van der Waals surface area contributed by atoms with Gasteiger partial charge in [0, 0.05) is 41.1 Å². The number of thioether (sulfide) groups is 1. The van der Waals surface area contributed by atoms with Crippen molar-refractivity contribution in [1.29, 1.82) is 0 Å². The Balaban J connectivity index is 1.83. The van der Waals surface area contributed by atoms with Gasteiger partial charge in [-0.3, -0.25) is 9.59 Å². The van der Waals surface area contributed by atoms with E-state index in [4.69, 9.17) is 11.6 Å². The summed E-state index contributed by atoms with van der Waals surface area (Å²) in [4.78, 5) is 29.8. The van der Waals surface area contributed by atoms with Crippen LogP contribution in [0, 0.1) is 6.92 Å². The van der Waals surface area contributed by atoms with Crippen LogP contribution < -0.4 is 5.32 Å². The Kier molecular flexibility index (Phi) is 10.2. The van der Waals surface area contributed by atoms with E-state index >= 15 is 0 Å². The Labute approximate surface area is 218 Å². The van der Waals surface area contributed by atoms with Crippen LogP contribution in [0.15, 0.2) is 83.8 Å². The molecule has 0 saturated carbocycles. The number of benzene rings is 3. The average molecular weight is 509 g/mol. The van der Waals surface area contributed by atoms with E-state index in [-0.39, 0.29) is 17.9 Å². The zero-order valence-corrected chi connectivity index (χ0v) is 22.1. The summed E-state index contributed by atoms with van der Waals surface area (Å²) in [5.74, 6) is 0.458. The molecular formula is C29H33ClN2O2S. The van der Waals surface area contributed by atoms with Crippen LogP contribution >= 0.6 is 23.4 Å². The van der Waals surface area contributed by atoms with Crippen molar-refractivity contribution >= 4 is 35.2 Å². The number of halogens is 1. The minimum atomic E-state index is -0.618. The molecule has 0 fully saturated rings. The van der Waals surface area contributed by atoms with Gasteiger partial charge in [-0.1, -0.05) is 71.8 Å². The largest absolute Gasteiger partial charge is 0.352 e. The predicted octanol–water partition coefficient (Wildman–Crippen LogP) is 6.30. The van der Waals surface area contributed by atoms with Crippen molar-refractivity contribution in [3.63, 3.8) is 0 Å². The van der Waals surface area contributed by atoms with E-state index < -0.39 is 6.04 Å². The van der Waals surface area contributed by atoms with E-state index in [0.717, 1.165) is 16.0 Å². The monoisotopic (exact) mass is 508 g/mol. The summed E-state index contributed by atoms with van der Waals surface area (Å²) in [7, 11) is 0. The number of carbonyl (C=O) groups is 2. The summed E-state index contributed by atoms with van der Waals surface area (Å²) >= 11 is 7.73. The Hall–Kier alpha value is -2.76. The molecular weight excluding hydrogens is 476 g/mol. The first-order valence-electron chi connectivity index (χ1n) is 11.9. The Morgan fingerprint density at radius 3 is 2.20 bits per heavy atom. The van der Waals surface area contributed by atoms with E-state index in [1.807, 2.05) is 68.4 Å². The van der Waals surface area contributed by atoms with Gasteiger partial charge in [0.15, 0.2) is 0 Å². The molecule has 0 heterocycles. The van der Waals surface area contributed by atoms with Gasteiger partial charge in [-0.05, 0) is 56.2 Å². The number of nitrogens with one attached hydrogen (secondary N) is 1. The van der Waals surface area contributed by atoms with Crippen molar-refractivity contribution in [3.05, 3.63) is 101 Å². The lowest BCUT2D eigenvalue weighted by atomic mass is 10.0. The molecule has 0 aliphatic carbocycles. The van der Waals surface area contributed by atoms with Gasteiger partial charge in [-0.25, -0.2) is 0 Å². The average Bonchev–Trinajstić information content (AvgIpc) is 2.84. The SMILES string of the molecule is Cc1ccc(SCCC(=O)N(Cc2ccc(Cl)cc2)[C@H](Cc2ccccc2)C(=O)NC(C)C)cc1. The molecule has 0 aromatic heterocycles. The molecule has 0 saturated heterocycles. The third-order valence-corrected chi connectivity index (χ3v) is 6.84. The van der Waals surface area contributed by atoms with Gasteiger partial charge in [-0.2, -0.15) is 0 Å². The van der Waals surface area contributed by atoms with Crippen LogP contribution in [-0.2, 0) is 22.6 Å². The summed E-state index contributed by atoms with van der Waals surface area (Å²) in [6.45, 7) is 6.26. The summed E-state index contributed by atoms with van der Waals surface area (Å²) in [6, 6.07) is 24.9. The lowest BCUT2D eigenvalue weighted by Crippen LogP contribution is -2.51. The second-order valence-electron chi connectivity index (χ2n) is 8.93. The topological polar surface area (TPSA) is 49.4 Å². The van der Waals surface area contributed by atoms with E-state index in [0.29, 0.717) is 30.2 Å². The van der Waals surface area contributed by atoms with Gasteiger partial charge in [0.05, 0.1) is 0 Å². The summed E-state index contributed by atoms with van der Waals surface area (Å²) in [5.41, 5.74) is 3.16. The van der Waals surface area contributed by atoms with Crippen LogP contribution in [0.3, 0.4) is 0 Å². The van der Waals surface area contributed by atoms with Crippen LogP contribution in [0.5, 0.6) is 0 Å². The number of hydrogen-bond donors (Lipinski definition) is 1. The van der Waals surface area contributed by atoms with E-state index in [1.54, 1.807) is 16.7 Å².